The van der Waals surface area contributed by atoms with Gasteiger partial charge in [-0.3, -0.25) is 0 Å². The summed E-state index contributed by atoms with van der Waals surface area (Å²) in [7, 11) is 0. The van der Waals surface area contributed by atoms with Gasteiger partial charge in [0.2, 0.25) is 0 Å². The Bertz CT molecular complexity index is 253. The number of nitrogens with one attached hydrogen (secondary N) is 1. The van der Waals surface area contributed by atoms with E-state index in [2.05, 4.69) is 30.8 Å². The van der Waals surface area contributed by atoms with Crippen LogP contribution >= 0.6 is 0 Å². The van der Waals surface area contributed by atoms with Gasteiger partial charge in [-0.25, -0.2) is 4.79 Å². The average Bonchev–Trinajstić information content (AvgIpc) is 2.27. The van der Waals surface area contributed by atoms with E-state index in [1.54, 1.807) is 0 Å². The summed E-state index contributed by atoms with van der Waals surface area (Å²) < 4.78 is 4.67. The van der Waals surface area contributed by atoms with E-state index in [1.165, 1.54) is 25.7 Å². The van der Waals surface area contributed by atoms with E-state index in [0.717, 1.165) is 18.4 Å². The maximum Gasteiger partial charge on any atom is 0.404 e. The Morgan fingerprint density at radius 1 is 1.28 bits per heavy atom. The summed E-state index contributed by atoms with van der Waals surface area (Å²) >= 11 is 0. The van der Waals surface area contributed by atoms with Gasteiger partial charge in [-0.2, -0.15) is 0 Å². The van der Waals surface area contributed by atoms with E-state index in [4.69, 9.17) is 5.73 Å². The van der Waals surface area contributed by atoms with Gasteiger partial charge >= 0.3 is 6.09 Å². The molecule has 0 heterocycles. The van der Waals surface area contributed by atoms with E-state index in [0.29, 0.717) is 18.6 Å². The van der Waals surface area contributed by atoms with Crippen molar-refractivity contribution in [2.75, 3.05) is 19.7 Å². The lowest BCUT2D eigenvalue weighted by Gasteiger charge is -2.37. The van der Waals surface area contributed by atoms with Crippen LogP contribution in [0.25, 0.3) is 0 Å². The fourth-order valence-corrected chi connectivity index (χ4v) is 2.76. The van der Waals surface area contributed by atoms with Crippen LogP contribution in [0.2, 0.25) is 0 Å². The number of hydrogen-bond acceptors (Lipinski definition) is 3. The smallest absolute Gasteiger partial charge is 0.404 e. The van der Waals surface area contributed by atoms with Gasteiger partial charge in [-0.1, -0.05) is 20.8 Å². The molecule has 1 aliphatic carbocycles. The van der Waals surface area contributed by atoms with Gasteiger partial charge in [0.15, 0.2) is 0 Å². The van der Waals surface area contributed by atoms with Gasteiger partial charge in [0, 0.05) is 6.54 Å². The highest BCUT2D eigenvalue weighted by atomic mass is 16.5. The summed E-state index contributed by atoms with van der Waals surface area (Å²) in [5.41, 5.74) is 5.34. The van der Waals surface area contributed by atoms with Crippen molar-refractivity contribution in [3.8, 4) is 0 Å². The minimum absolute atomic E-state index is 0.368. The van der Waals surface area contributed by atoms with Crippen LogP contribution in [0.4, 0.5) is 4.79 Å². The van der Waals surface area contributed by atoms with Crippen LogP contribution in [-0.2, 0) is 4.74 Å². The zero-order chi connectivity index (χ0) is 13.6. The summed E-state index contributed by atoms with van der Waals surface area (Å²) in [6.07, 6.45) is 4.61. The van der Waals surface area contributed by atoms with Crippen molar-refractivity contribution in [3.63, 3.8) is 0 Å². The van der Waals surface area contributed by atoms with Crippen LogP contribution in [0, 0.1) is 17.3 Å². The molecular weight excluding hydrogens is 228 g/mol. The van der Waals surface area contributed by atoms with Crippen molar-refractivity contribution in [1.29, 1.82) is 0 Å². The first kappa shape index (κ1) is 15.3. The van der Waals surface area contributed by atoms with Crippen LogP contribution in [0.3, 0.4) is 0 Å². The molecule has 0 atom stereocenters. The highest BCUT2D eigenvalue weighted by Gasteiger charge is 2.29. The molecule has 18 heavy (non-hydrogen) atoms. The van der Waals surface area contributed by atoms with Gasteiger partial charge in [0.25, 0.3) is 0 Å². The lowest BCUT2D eigenvalue weighted by molar-refractivity contribution is 0.144. The molecule has 3 N–H and O–H groups in total. The summed E-state index contributed by atoms with van der Waals surface area (Å²) in [6, 6.07) is 0. The fourth-order valence-electron chi connectivity index (χ4n) is 2.76. The average molecular weight is 256 g/mol. The highest BCUT2D eigenvalue weighted by molar-refractivity contribution is 5.64. The Labute approximate surface area is 111 Å². The first-order valence-electron chi connectivity index (χ1n) is 7.02. The van der Waals surface area contributed by atoms with E-state index >= 15 is 0 Å². The maximum atomic E-state index is 10.4. The second-order valence-corrected chi connectivity index (χ2v) is 6.46. The number of amides is 1. The Kier molecular flexibility index (Phi) is 5.93. The first-order chi connectivity index (χ1) is 8.39. The van der Waals surface area contributed by atoms with Gasteiger partial charge in [-0.15, -0.1) is 0 Å². The predicted octanol–water partition coefficient (Wildman–Crippen LogP) is 2.52. The van der Waals surface area contributed by atoms with Crippen LogP contribution in [0.1, 0.15) is 46.5 Å². The lowest BCUT2D eigenvalue weighted by atomic mass is 9.70. The molecule has 0 radical (unpaired) electrons. The number of carbonyl (C=O) groups is 1. The van der Waals surface area contributed by atoms with E-state index in [9.17, 15) is 4.79 Å². The third-order valence-electron chi connectivity index (χ3n) is 4.03. The van der Waals surface area contributed by atoms with Crippen molar-refractivity contribution < 1.29 is 9.53 Å². The second kappa shape index (κ2) is 6.98. The molecule has 1 aliphatic rings. The fraction of sp³-hybridized carbons (Fsp3) is 0.929. The molecule has 1 rings (SSSR count). The number of ether oxygens (including phenoxy) is 1. The molecule has 0 aliphatic heterocycles. The molecule has 1 saturated carbocycles. The molecule has 0 aromatic carbocycles. The van der Waals surface area contributed by atoms with Gasteiger partial charge in [-0.05, 0) is 49.5 Å². The standard InChI is InChI=1S/C14H28N2O2/c1-14(2,3)12-6-4-11(5-7-12)10-16-8-9-18-13(15)17/h11-12,16H,4-10H2,1-3H3,(H2,15,17). The Morgan fingerprint density at radius 3 is 2.39 bits per heavy atom. The maximum absolute atomic E-state index is 10.4. The molecule has 4 nitrogen and oxygen atoms in total. The Balaban J connectivity index is 2.07. The molecule has 0 saturated heterocycles. The molecule has 0 unspecified atom stereocenters. The number of primary amides is 1. The number of nitrogens with two attached hydrogens (primary N) is 1. The molecule has 106 valence electrons. The van der Waals surface area contributed by atoms with E-state index in [-0.39, 0.29) is 0 Å². The second-order valence-electron chi connectivity index (χ2n) is 6.46. The molecule has 0 aromatic rings. The molecule has 0 aromatic heterocycles. The zero-order valence-corrected chi connectivity index (χ0v) is 12.0. The number of hydrogen-bond donors (Lipinski definition) is 2. The van der Waals surface area contributed by atoms with Crippen LogP contribution in [0.5, 0.6) is 0 Å². The van der Waals surface area contributed by atoms with Gasteiger partial charge in [0.05, 0.1) is 0 Å². The van der Waals surface area contributed by atoms with E-state index in [1.807, 2.05) is 0 Å². The van der Waals surface area contributed by atoms with E-state index < -0.39 is 6.09 Å². The molecule has 4 heteroatoms. The molecule has 0 spiro atoms. The number of carbonyl (C=O) groups excluding carboxylic acids is 1. The predicted molar refractivity (Wildman–Crippen MR) is 73.3 cm³/mol. The van der Waals surface area contributed by atoms with Crippen LogP contribution in [-0.4, -0.2) is 25.8 Å². The van der Waals surface area contributed by atoms with Crippen LogP contribution < -0.4 is 11.1 Å². The zero-order valence-electron chi connectivity index (χ0n) is 12.0. The molecule has 0 bridgehead atoms. The molecule has 1 amide bonds. The topological polar surface area (TPSA) is 64.3 Å². The summed E-state index contributed by atoms with van der Waals surface area (Å²) in [5, 5.41) is 3.33. The van der Waals surface area contributed by atoms with Crippen LogP contribution in [0.15, 0.2) is 0 Å². The highest BCUT2D eigenvalue weighted by Crippen LogP contribution is 2.39. The third-order valence-corrected chi connectivity index (χ3v) is 4.03. The first-order valence-corrected chi connectivity index (χ1v) is 7.02. The Hall–Kier alpha value is -0.770. The van der Waals surface area contributed by atoms with Gasteiger partial charge < -0.3 is 15.8 Å². The van der Waals surface area contributed by atoms with Crippen molar-refractivity contribution in [2.24, 2.45) is 23.0 Å². The quantitative estimate of drug-likeness (QED) is 0.743. The third kappa shape index (κ3) is 5.71. The van der Waals surface area contributed by atoms with Crippen molar-refractivity contribution in [1.82, 2.24) is 5.32 Å². The Morgan fingerprint density at radius 2 is 1.89 bits per heavy atom. The minimum Gasteiger partial charge on any atom is -0.448 e. The normalized spacial score (nSPS) is 24.8. The number of rotatable bonds is 5. The monoisotopic (exact) mass is 256 g/mol. The van der Waals surface area contributed by atoms with Crippen molar-refractivity contribution in [3.05, 3.63) is 0 Å². The minimum atomic E-state index is -0.692. The molecular formula is C14H28N2O2. The van der Waals surface area contributed by atoms with Gasteiger partial charge in [0.1, 0.15) is 6.61 Å². The molecule has 1 fully saturated rings. The SMILES string of the molecule is CC(C)(C)C1CCC(CNCCOC(N)=O)CC1. The summed E-state index contributed by atoms with van der Waals surface area (Å²) in [5.74, 6) is 1.64. The van der Waals surface area contributed by atoms with Crippen molar-refractivity contribution in [2.45, 2.75) is 46.5 Å². The van der Waals surface area contributed by atoms with Crippen molar-refractivity contribution >= 4 is 6.09 Å². The largest absolute Gasteiger partial charge is 0.448 e. The lowest BCUT2D eigenvalue weighted by Crippen LogP contribution is -2.32. The summed E-state index contributed by atoms with van der Waals surface area (Å²) in [6.45, 7) is 9.13. The summed E-state index contributed by atoms with van der Waals surface area (Å²) in [4.78, 5) is 10.4.